The van der Waals surface area contributed by atoms with Crippen molar-refractivity contribution in [2.24, 2.45) is 5.41 Å². The molecule has 0 unspecified atom stereocenters. The molecule has 0 atom stereocenters. The van der Waals surface area contributed by atoms with Crippen molar-refractivity contribution in [1.29, 1.82) is 0 Å². The van der Waals surface area contributed by atoms with Crippen LogP contribution in [0, 0.1) is 5.41 Å². The van der Waals surface area contributed by atoms with E-state index in [-0.39, 0.29) is 0 Å². The molecule has 3 rings (SSSR count). The molecule has 0 aliphatic carbocycles. The molecule has 2 aliphatic rings. The number of fused-ring (bicyclic) bond motifs is 1. The normalized spacial score (nSPS) is 21.1. The van der Waals surface area contributed by atoms with E-state index in [0.29, 0.717) is 5.41 Å². The summed E-state index contributed by atoms with van der Waals surface area (Å²) in [5.41, 5.74) is 4.63. The second-order valence-electron chi connectivity index (χ2n) is 6.55. The van der Waals surface area contributed by atoms with Gasteiger partial charge >= 0.3 is 0 Å². The molecule has 110 valence electrons. The zero-order chi connectivity index (χ0) is 13.8. The van der Waals surface area contributed by atoms with Crippen LogP contribution in [0.2, 0.25) is 0 Å². The van der Waals surface area contributed by atoms with Gasteiger partial charge in [0.05, 0.1) is 0 Å². The molecule has 3 heteroatoms. The fourth-order valence-electron chi connectivity index (χ4n) is 3.19. The average Bonchev–Trinajstić information content (AvgIpc) is 2.48. The maximum Gasteiger partial charge on any atom is 0.0471 e. The van der Waals surface area contributed by atoms with Gasteiger partial charge in [0, 0.05) is 38.5 Å². The monoisotopic (exact) mass is 274 g/mol. The smallest absolute Gasteiger partial charge is 0.0471 e. The standard InChI is InChI=1S/C17H26N2O/c1-17(6-9-20-10-7-17)13-18-12-14-4-5-16-15(11-14)3-2-8-19-16/h4-5,11,18-19H,2-3,6-10,12-13H2,1H3. The third kappa shape index (κ3) is 3.33. The van der Waals surface area contributed by atoms with Crippen molar-refractivity contribution < 1.29 is 4.74 Å². The Morgan fingerprint density at radius 3 is 3.00 bits per heavy atom. The summed E-state index contributed by atoms with van der Waals surface area (Å²) in [6.45, 7) is 7.39. The molecule has 1 aromatic rings. The Labute approximate surface area is 122 Å². The highest BCUT2D eigenvalue weighted by Crippen LogP contribution is 2.29. The van der Waals surface area contributed by atoms with Crippen molar-refractivity contribution in [3.05, 3.63) is 29.3 Å². The third-order valence-electron chi connectivity index (χ3n) is 4.69. The van der Waals surface area contributed by atoms with Crippen LogP contribution in [0.25, 0.3) is 0 Å². The summed E-state index contributed by atoms with van der Waals surface area (Å²) in [6, 6.07) is 6.85. The Morgan fingerprint density at radius 1 is 1.30 bits per heavy atom. The fourth-order valence-corrected chi connectivity index (χ4v) is 3.19. The molecule has 0 radical (unpaired) electrons. The van der Waals surface area contributed by atoms with E-state index in [1.165, 1.54) is 42.5 Å². The second-order valence-corrected chi connectivity index (χ2v) is 6.55. The number of nitrogens with one attached hydrogen (secondary N) is 2. The van der Waals surface area contributed by atoms with Gasteiger partial charge in [0.15, 0.2) is 0 Å². The minimum absolute atomic E-state index is 0.411. The lowest BCUT2D eigenvalue weighted by Gasteiger charge is -2.33. The lowest BCUT2D eigenvalue weighted by Crippen LogP contribution is -2.36. The van der Waals surface area contributed by atoms with Gasteiger partial charge < -0.3 is 15.4 Å². The minimum Gasteiger partial charge on any atom is -0.385 e. The van der Waals surface area contributed by atoms with E-state index in [2.05, 4.69) is 35.8 Å². The first kappa shape index (κ1) is 13.9. The number of anilines is 1. The zero-order valence-corrected chi connectivity index (χ0v) is 12.5. The Kier molecular flexibility index (Phi) is 4.27. The molecule has 2 N–H and O–H groups in total. The zero-order valence-electron chi connectivity index (χ0n) is 12.5. The lowest BCUT2D eigenvalue weighted by atomic mass is 9.82. The first-order chi connectivity index (χ1) is 9.75. The topological polar surface area (TPSA) is 33.3 Å². The summed E-state index contributed by atoms with van der Waals surface area (Å²) in [5.74, 6) is 0. The van der Waals surface area contributed by atoms with Crippen LogP contribution in [0.15, 0.2) is 18.2 Å². The van der Waals surface area contributed by atoms with Gasteiger partial charge in [-0.25, -0.2) is 0 Å². The van der Waals surface area contributed by atoms with Crippen LogP contribution in [0.1, 0.15) is 37.3 Å². The lowest BCUT2D eigenvalue weighted by molar-refractivity contribution is 0.0240. The first-order valence-corrected chi connectivity index (χ1v) is 7.89. The second kappa shape index (κ2) is 6.15. The molecule has 20 heavy (non-hydrogen) atoms. The van der Waals surface area contributed by atoms with Crippen molar-refractivity contribution in [3.8, 4) is 0 Å². The van der Waals surface area contributed by atoms with E-state index in [0.717, 1.165) is 32.8 Å². The fraction of sp³-hybridized carbons (Fsp3) is 0.647. The van der Waals surface area contributed by atoms with Crippen molar-refractivity contribution in [2.45, 2.75) is 39.2 Å². The molecule has 1 fully saturated rings. The van der Waals surface area contributed by atoms with E-state index < -0.39 is 0 Å². The highest BCUT2D eigenvalue weighted by Gasteiger charge is 2.26. The Morgan fingerprint density at radius 2 is 2.15 bits per heavy atom. The quantitative estimate of drug-likeness (QED) is 0.885. The summed E-state index contributed by atoms with van der Waals surface area (Å²) in [6.07, 6.45) is 4.81. The van der Waals surface area contributed by atoms with Gasteiger partial charge in [-0.3, -0.25) is 0 Å². The van der Waals surface area contributed by atoms with Gasteiger partial charge in [-0.05, 0) is 48.3 Å². The van der Waals surface area contributed by atoms with Crippen LogP contribution >= 0.6 is 0 Å². The molecule has 0 aromatic heterocycles. The van der Waals surface area contributed by atoms with Crippen LogP contribution in [0.5, 0.6) is 0 Å². The van der Waals surface area contributed by atoms with Gasteiger partial charge in [0.1, 0.15) is 0 Å². The highest BCUT2D eigenvalue weighted by molar-refractivity contribution is 5.54. The van der Waals surface area contributed by atoms with E-state index in [9.17, 15) is 0 Å². The third-order valence-corrected chi connectivity index (χ3v) is 4.69. The van der Waals surface area contributed by atoms with E-state index in [4.69, 9.17) is 4.74 Å². The summed E-state index contributed by atoms with van der Waals surface area (Å²) < 4.78 is 5.46. The molecule has 0 bridgehead atoms. The molecule has 3 nitrogen and oxygen atoms in total. The number of hydrogen-bond acceptors (Lipinski definition) is 3. The molecular weight excluding hydrogens is 248 g/mol. The largest absolute Gasteiger partial charge is 0.385 e. The molecule has 0 spiro atoms. The maximum atomic E-state index is 5.46. The average molecular weight is 274 g/mol. The Balaban J connectivity index is 1.53. The molecule has 2 aliphatic heterocycles. The van der Waals surface area contributed by atoms with Crippen molar-refractivity contribution in [3.63, 3.8) is 0 Å². The van der Waals surface area contributed by atoms with Crippen LogP contribution < -0.4 is 10.6 Å². The minimum atomic E-state index is 0.411. The molecule has 0 amide bonds. The predicted octanol–water partition coefficient (Wildman–Crippen LogP) is 2.95. The van der Waals surface area contributed by atoms with Crippen LogP contribution in [0.3, 0.4) is 0 Å². The predicted molar refractivity (Wildman–Crippen MR) is 83.1 cm³/mol. The van der Waals surface area contributed by atoms with Gasteiger partial charge in [-0.15, -0.1) is 0 Å². The SMILES string of the molecule is CC1(CNCc2ccc3c(c2)CCCN3)CCOCC1. The molecule has 1 saturated heterocycles. The summed E-state index contributed by atoms with van der Waals surface area (Å²) in [5, 5.41) is 7.11. The highest BCUT2D eigenvalue weighted by atomic mass is 16.5. The summed E-state index contributed by atoms with van der Waals surface area (Å²) >= 11 is 0. The Bertz CT molecular complexity index is 452. The summed E-state index contributed by atoms with van der Waals surface area (Å²) in [7, 11) is 0. The van der Waals surface area contributed by atoms with Crippen LogP contribution in [0.4, 0.5) is 5.69 Å². The van der Waals surface area contributed by atoms with Gasteiger partial charge in [-0.2, -0.15) is 0 Å². The molecule has 2 heterocycles. The number of ether oxygens (including phenoxy) is 1. The number of rotatable bonds is 4. The van der Waals surface area contributed by atoms with Gasteiger partial charge in [0.25, 0.3) is 0 Å². The molecule has 0 saturated carbocycles. The van der Waals surface area contributed by atoms with Crippen molar-refractivity contribution >= 4 is 5.69 Å². The van der Waals surface area contributed by atoms with Gasteiger partial charge in [-0.1, -0.05) is 19.1 Å². The van der Waals surface area contributed by atoms with E-state index in [1.807, 2.05) is 0 Å². The molecular formula is C17H26N2O. The van der Waals surface area contributed by atoms with E-state index in [1.54, 1.807) is 0 Å². The van der Waals surface area contributed by atoms with Crippen molar-refractivity contribution in [2.75, 3.05) is 31.6 Å². The molecule has 1 aromatic carbocycles. The maximum absolute atomic E-state index is 5.46. The van der Waals surface area contributed by atoms with Crippen molar-refractivity contribution in [1.82, 2.24) is 5.32 Å². The Hall–Kier alpha value is -1.06. The number of benzene rings is 1. The van der Waals surface area contributed by atoms with Crippen LogP contribution in [-0.2, 0) is 17.7 Å². The number of aryl methyl sites for hydroxylation is 1. The van der Waals surface area contributed by atoms with Crippen LogP contribution in [-0.4, -0.2) is 26.3 Å². The van der Waals surface area contributed by atoms with E-state index >= 15 is 0 Å². The first-order valence-electron chi connectivity index (χ1n) is 7.89. The van der Waals surface area contributed by atoms with Gasteiger partial charge in [0.2, 0.25) is 0 Å². The number of hydrogen-bond donors (Lipinski definition) is 2. The summed E-state index contributed by atoms with van der Waals surface area (Å²) in [4.78, 5) is 0.